The molecular formula is C18H23ClN6O. The van der Waals surface area contributed by atoms with Gasteiger partial charge in [-0.3, -0.25) is 4.79 Å². The van der Waals surface area contributed by atoms with E-state index >= 15 is 0 Å². The van der Waals surface area contributed by atoms with E-state index < -0.39 is 5.54 Å². The molecule has 3 rings (SSSR count). The Bertz CT molecular complexity index is 958. The molecule has 8 heteroatoms. The summed E-state index contributed by atoms with van der Waals surface area (Å²) in [6.45, 7) is 6.24. The summed E-state index contributed by atoms with van der Waals surface area (Å²) >= 11 is 6.06. The first-order valence-electron chi connectivity index (χ1n) is 8.31. The lowest BCUT2D eigenvalue weighted by molar-refractivity contribution is -0.133. The van der Waals surface area contributed by atoms with Crippen LogP contribution in [0.2, 0.25) is 5.02 Å². The van der Waals surface area contributed by atoms with E-state index in [1.807, 2.05) is 26.8 Å². The maximum atomic E-state index is 12.5. The lowest BCUT2D eigenvalue weighted by Crippen LogP contribution is -2.48. The number of pyridine rings is 1. The Morgan fingerprint density at radius 2 is 2.19 bits per heavy atom. The molecule has 138 valence electrons. The summed E-state index contributed by atoms with van der Waals surface area (Å²) in [6, 6.07) is 3.56. The quantitative estimate of drug-likeness (QED) is 0.712. The zero-order valence-corrected chi connectivity index (χ0v) is 15.9. The number of aromatic amines is 1. The van der Waals surface area contributed by atoms with Gasteiger partial charge in [-0.05, 0) is 32.9 Å². The van der Waals surface area contributed by atoms with Crippen LogP contribution in [0.1, 0.15) is 22.2 Å². The molecule has 0 fully saturated rings. The highest BCUT2D eigenvalue weighted by atomic mass is 35.5. The van der Waals surface area contributed by atoms with Gasteiger partial charge >= 0.3 is 0 Å². The number of nitrogens with zero attached hydrogens (tertiary/aromatic N) is 4. The number of halogens is 1. The molecule has 0 aliphatic carbocycles. The van der Waals surface area contributed by atoms with Gasteiger partial charge in [0.1, 0.15) is 17.0 Å². The summed E-state index contributed by atoms with van der Waals surface area (Å²) in [6.07, 6.45) is 5.04. The monoisotopic (exact) mass is 374 g/mol. The number of nitrogens with one attached hydrogen (secondary N) is 2. The molecule has 0 spiro atoms. The van der Waals surface area contributed by atoms with Gasteiger partial charge < -0.3 is 15.2 Å². The van der Waals surface area contributed by atoms with Gasteiger partial charge in [0, 0.05) is 44.6 Å². The Kier molecular flexibility index (Phi) is 4.82. The van der Waals surface area contributed by atoms with Crippen LogP contribution in [0.25, 0.3) is 22.4 Å². The van der Waals surface area contributed by atoms with Crippen molar-refractivity contribution in [3.63, 3.8) is 0 Å². The van der Waals surface area contributed by atoms with Crippen LogP contribution in [-0.4, -0.2) is 49.9 Å². The molecule has 1 amide bonds. The van der Waals surface area contributed by atoms with E-state index in [9.17, 15) is 4.79 Å². The lowest BCUT2D eigenvalue weighted by Gasteiger charge is -2.30. The summed E-state index contributed by atoms with van der Waals surface area (Å²) < 4.78 is 0. The lowest BCUT2D eigenvalue weighted by atomic mass is 10.0. The number of hydrogen-bond donors (Lipinski definition) is 2. The number of carbonyl (C=O) groups excluding carboxylic acids is 1. The number of carbonyl (C=O) groups is 1. The van der Waals surface area contributed by atoms with Crippen LogP contribution in [0.15, 0.2) is 30.7 Å². The molecule has 7 nitrogen and oxygen atoms in total. The van der Waals surface area contributed by atoms with Crippen molar-refractivity contribution in [2.24, 2.45) is 0 Å². The third-order valence-corrected chi connectivity index (χ3v) is 4.40. The summed E-state index contributed by atoms with van der Waals surface area (Å²) in [5.74, 6) is 1.09. The van der Waals surface area contributed by atoms with E-state index in [4.69, 9.17) is 11.6 Å². The fourth-order valence-corrected chi connectivity index (χ4v) is 2.87. The van der Waals surface area contributed by atoms with Gasteiger partial charge in [0.15, 0.2) is 5.82 Å². The smallest absolute Gasteiger partial charge is 0.247 e. The van der Waals surface area contributed by atoms with E-state index in [0.29, 0.717) is 28.9 Å². The maximum absolute atomic E-state index is 12.5. The Balaban J connectivity index is 0.00000261. The summed E-state index contributed by atoms with van der Waals surface area (Å²) in [4.78, 5) is 30.4. The highest BCUT2D eigenvalue weighted by molar-refractivity contribution is 6.31. The topological polar surface area (TPSA) is 86.8 Å². The maximum Gasteiger partial charge on any atom is 0.247 e. The van der Waals surface area contributed by atoms with Crippen molar-refractivity contribution < 1.29 is 6.22 Å². The largest absolute Gasteiger partial charge is 0.356 e. The molecule has 3 heterocycles. The molecule has 0 bridgehead atoms. The minimum absolute atomic E-state index is 0. The zero-order chi connectivity index (χ0) is 18.9. The second kappa shape index (κ2) is 6.92. The molecule has 0 aromatic carbocycles. The highest BCUT2D eigenvalue weighted by Gasteiger charge is 2.30. The Hall–Kier alpha value is -2.67. The molecule has 26 heavy (non-hydrogen) atoms. The number of likely N-dealkylation sites (N-methyl/N-ethyl adjacent to an activating group) is 1. The number of fused-ring (bicyclic) bond motifs is 1. The molecular weight excluding hydrogens is 352 g/mol. The van der Waals surface area contributed by atoms with Gasteiger partial charge in [-0.15, -0.1) is 0 Å². The van der Waals surface area contributed by atoms with Gasteiger partial charge in [0.25, 0.3) is 0 Å². The molecule has 0 radical (unpaired) electrons. The van der Waals surface area contributed by atoms with Crippen molar-refractivity contribution in [2.45, 2.75) is 26.3 Å². The number of H-pyrrole nitrogens is 1. The fourth-order valence-electron chi connectivity index (χ4n) is 2.72. The van der Waals surface area contributed by atoms with Crippen LogP contribution in [0.4, 0.5) is 5.82 Å². The average molecular weight is 375 g/mol. The van der Waals surface area contributed by atoms with Crippen molar-refractivity contribution in [2.75, 3.05) is 18.9 Å². The minimum Gasteiger partial charge on any atom is -0.356 e. The van der Waals surface area contributed by atoms with Crippen LogP contribution < -0.4 is 5.32 Å². The van der Waals surface area contributed by atoms with E-state index in [-0.39, 0.29) is 7.33 Å². The van der Waals surface area contributed by atoms with Crippen molar-refractivity contribution >= 4 is 34.4 Å². The first-order chi connectivity index (χ1) is 12.3. The molecule has 0 atom stereocenters. The van der Waals surface area contributed by atoms with Crippen molar-refractivity contribution in [1.29, 1.82) is 0 Å². The van der Waals surface area contributed by atoms with Crippen molar-refractivity contribution in [3.8, 4) is 11.4 Å². The molecule has 0 aliphatic rings. The van der Waals surface area contributed by atoms with E-state index in [0.717, 1.165) is 10.9 Å². The summed E-state index contributed by atoms with van der Waals surface area (Å²) in [5, 5.41) is 4.59. The van der Waals surface area contributed by atoms with Gasteiger partial charge in [-0.1, -0.05) is 11.6 Å². The first-order valence-corrected chi connectivity index (χ1v) is 8.69. The van der Waals surface area contributed by atoms with Gasteiger partial charge in [-0.2, -0.15) is 0 Å². The first kappa shape index (κ1) is 18.1. The SMILES string of the molecule is CCN(C)C(=O)C(C)(C)Nc1ccnc(-c2c[nH]c3ncc(Cl)cc23)n1.[HH]. The molecule has 0 saturated heterocycles. The molecule has 3 aromatic heterocycles. The number of aromatic nitrogens is 4. The molecule has 3 aromatic rings. The van der Waals surface area contributed by atoms with Crippen LogP contribution in [0.3, 0.4) is 0 Å². The fraction of sp³-hybridized carbons (Fsp3) is 0.333. The zero-order valence-electron chi connectivity index (χ0n) is 15.2. The van der Waals surface area contributed by atoms with Crippen LogP contribution in [0, 0.1) is 0 Å². The van der Waals surface area contributed by atoms with E-state index in [1.165, 1.54) is 0 Å². The third kappa shape index (κ3) is 3.48. The van der Waals surface area contributed by atoms with Crippen LogP contribution in [0.5, 0.6) is 0 Å². The van der Waals surface area contributed by atoms with Crippen molar-refractivity contribution in [3.05, 3.63) is 35.7 Å². The van der Waals surface area contributed by atoms with Crippen LogP contribution >= 0.6 is 11.6 Å². The normalized spacial score (nSPS) is 11.6. The molecule has 0 aliphatic heterocycles. The van der Waals surface area contributed by atoms with Gasteiger partial charge in [-0.25, -0.2) is 15.0 Å². The number of anilines is 1. The van der Waals surface area contributed by atoms with E-state index in [2.05, 4.69) is 25.3 Å². The molecule has 0 unspecified atom stereocenters. The molecule has 0 saturated carbocycles. The standard InChI is InChI=1S/C18H21ClN6O.H2/c1-5-25(4)17(26)18(2,3)24-14-6-7-20-16(23-14)13-10-22-15-12(13)8-11(19)9-21-15;/h6-10H,5H2,1-4H3,(H,21,22)(H,20,23,24);1H. The second-order valence-electron chi connectivity index (χ2n) is 6.59. The van der Waals surface area contributed by atoms with Gasteiger partial charge in [0.2, 0.25) is 5.91 Å². The Morgan fingerprint density at radius 1 is 1.42 bits per heavy atom. The Labute approximate surface area is 158 Å². The minimum atomic E-state index is -0.790. The predicted molar refractivity (Wildman–Crippen MR) is 105 cm³/mol. The summed E-state index contributed by atoms with van der Waals surface area (Å²) in [5.41, 5.74) is 0.724. The highest BCUT2D eigenvalue weighted by Crippen LogP contribution is 2.28. The van der Waals surface area contributed by atoms with E-state index in [1.54, 1.807) is 36.6 Å². The average Bonchev–Trinajstić information content (AvgIpc) is 3.03. The molecule has 2 N–H and O–H groups in total. The number of hydrogen-bond acceptors (Lipinski definition) is 5. The number of amides is 1. The Morgan fingerprint density at radius 3 is 2.92 bits per heavy atom. The van der Waals surface area contributed by atoms with Crippen LogP contribution in [-0.2, 0) is 4.79 Å². The second-order valence-corrected chi connectivity index (χ2v) is 7.02. The summed E-state index contributed by atoms with van der Waals surface area (Å²) in [7, 11) is 1.78. The predicted octanol–water partition coefficient (Wildman–Crippen LogP) is 3.59. The van der Waals surface area contributed by atoms with Gasteiger partial charge in [0.05, 0.1) is 5.02 Å². The number of rotatable bonds is 5. The van der Waals surface area contributed by atoms with Crippen molar-refractivity contribution in [1.82, 2.24) is 24.8 Å². The third-order valence-electron chi connectivity index (χ3n) is 4.19.